The van der Waals surface area contributed by atoms with Crippen molar-refractivity contribution >= 4 is 23.4 Å². The fourth-order valence-corrected chi connectivity index (χ4v) is 4.86. The number of anilines is 1. The van der Waals surface area contributed by atoms with E-state index in [0.29, 0.717) is 22.2 Å². The summed E-state index contributed by atoms with van der Waals surface area (Å²) in [6, 6.07) is 22.0. The molecule has 1 aliphatic rings. The van der Waals surface area contributed by atoms with E-state index in [9.17, 15) is 10.1 Å². The highest BCUT2D eigenvalue weighted by Crippen LogP contribution is 2.35. The topological polar surface area (TPSA) is 75.0 Å². The van der Waals surface area contributed by atoms with Crippen molar-refractivity contribution in [2.75, 3.05) is 12.4 Å². The Hall–Kier alpha value is -3.30. The SMILES string of the molecule is COc1ccc(NC(=O)C(C)Sc2nc3c(cc2C#N)CC(c2ccccc2)CC3)cc1. The van der Waals surface area contributed by atoms with Gasteiger partial charge in [-0.3, -0.25) is 4.79 Å². The van der Waals surface area contributed by atoms with E-state index in [0.717, 1.165) is 36.3 Å². The summed E-state index contributed by atoms with van der Waals surface area (Å²) in [5, 5.41) is 12.9. The molecule has 1 amide bonds. The Balaban J connectivity index is 1.47. The molecular weight excluding hydrogens is 418 g/mol. The van der Waals surface area contributed by atoms with E-state index in [1.807, 2.05) is 19.1 Å². The minimum atomic E-state index is -0.393. The third-order valence-corrected chi connectivity index (χ3v) is 6.86. The Morgan fingerprint density at radius 1 is 1.22 bits per heavy atom. The number of nitriles is 1. The average molecular weight is 444 g/mol. The first-order valence-electron chi connectivity index (χ1n) is 10.7. The lowest BCUT2D eigenvalue weighted by molar-refractivity contribution is -0.115. The molecule has 0 bridgehead atoms. The maximum atomic E-state index is 12.7. The summed E-state index contributed by atoms with van der Waals surface area (Å²) in [7, 11) is 1.60. The van der Waals surface area contributed by atoms with Gasteiger partial charge in [0.05, 0.1) is 17.9 Å². The number of carbonyl (C=O) groups is 1. The predicted molar refractivity (Wildman–Crippen MR) is 127 cm³/mol. The number of pyridine rings is 1. The molecule has 1 N–H and O–H groups in total. The lowest BCUT2D eigenvalue weighted by Crippen LogP contribution is -2.23. The minimum absolute atomic E-state index is 0.132. The van der Waals surface area contributed by atoms with Gasteiger partial charge in [0.1, 0.15) is 16.8 Å². The molecule has 0 spiro atoms. The fraction of sp³-hybridized carbons (Fsp3) is 0.269. The van der Waals surface area contributed by atoms with Crippen LogP contribution in [0.15, 0.2) is 65.7 Å². The van der Waals surface area contributed by atoms with Crippen LogP contribution in [-0.4, -0.2) is 23.3 Å². The molecule has 5 nitrogen and oxygen atoms in total. The number of thioether (sulfide) groups is 1. The van der Waals surface area contributed by atoms with Gasteiger partial charge in [-0.25, -0.2) is 4.98 Å². The van der Waals surface area contributed by atoms with Crippen molar-refractivity contribution in [3.8, 4) is 11.8 Å². The number of fused-ring (bicyclic) bond motifs is 1. The number of rotatable bonds is 6. The molecule has 0 fully saturated rings. The molecule has 2 atom stereocenters. The van der Waals surface area contributed by atoms with Gasteiger partial charge in [0, 0.05) is 11.4 Å². The molecule has 3 aromatic rings. The number of amides is 1. The van der Waals surface area contributed by atoms with Gasteiger partial charge in [-0.05, 0) is 73.6 Å². The van der Waals surface area contributed by atoms with Crippen LogP contribution in [0.5, 0.6) is 5.75 Å². The highest BCUT2D eigenvalue weighted by atomic mass is 32.2. The second-order valence-electron chi connectivity index (χ2n) is 7.89. The smallest absolute Gasteiger partial charge is 0.237 e. The van der Waals surface area contributed by atoms with Gasteiger partial charge in [-0.2, -0.15) is 5.26 Å². The van der Waals surface area contributed by atoms with Crippen LogP contribution >= 0.6 is 11.8 Å². The molecule has 2 unspecified atom stereocenters. The van der Waals surface area contributed by atoms with E-state index >= 15 is 0 Å². The summed E-state index contributed by atoms with van der Waals surface area (Å²) in [5.41, 5.74) is 4.75. The van der Waals surface area contributed by atoms with Gasteiger partial charge < -0.3 is 10.1 Å². The fourth-order valence-electron chi connectivity index (χ4n) is 3.96. The van der Waals surface area contributed by atoms with Crippen molar-refractivity contribution < 1.29 is 9.53 Å². The summed E-state index contributed by atoms with van der Waals surface area (Å²) in [4.78, 5) is 17.5. The Kier molecular flexibility index (Phi) is 6.77. The number of aryl methyl sites for hydroxylation is 1. The number of benzene rings is 2. The van der Waals surface area contributed by atoms with Crippen LogP contribution in [0.2, 0.25) is 0 Å². The van der Waals surface area contributed by atoms with Crippen LogP contribution in [0.1, 0.15) is 41.6 Å². The molecule has 0 aliphatic heterocycles. The molecule has 0 saturated carbocycles. The molecule has 1 aliphatic carbocycles. The van der Waals surface area contributed by atoms with Gasteiger partial charge in [-0.1, -0.05) is 42.1 Å². The first kappa shape index (κ1) is 21.9. The number of methoxy groups -OCH3 is 1. The zero-order valence-electron chi connectivity index (χ0n) is 18.2. The van der Waals surface area contributed by atoms with E-state index in [1.165, 1.54) is 17.3 Å². The molecule has 2 aromatic carbocycles. The van der Waals surface area contributed by atoms with Crippen LogP contribution in [0.4, 0.5) is 5.69 Å². The lowest BCUT2D eigenvalue weighted by atomic mass is 9.82. The van der Waals surface area contributed by atoms with E-state index < -0.39 is 5.25 Å². The van der Waals surface area contributed by atoms with Crippen molar-refractivity contribution in [1.29, 1.82) is 5.26 Å². The number of ether oxygens (including phenoxy) is 1. The summed E-state index contributed by atoms with van der Waals surface area (Å²) in [5.74, 6) is 1.05. The largest absolute Gasteiger partial charge is 0.497 e. The van der Waals surface area contributed by atoms with Crippen LogP contribution in [0, 0.1) is 11.3 Å². The molecule has 0 radical (unpaired) electrons. The number of hydrogen-bond donors (Lipinski definition) is 1. The Bertz CT molecular complexity index is 1140. The van der Waals surface area contributed by atoms with Crippen molar-refractivity contribution in [2.45, 2.75) is 42.4 Å². The van der Waals surface area contributed by atoms with Crippen molar-refractivity contribution in [2.24, 2.45) is 0 Å². The van der Waals surface area contributed by atoms with E-state index in [-0.39, 0.29) is 5.91 Å². The van der Waals surface area contributed by atoms with Crippen molar-refractivity contribution in [1.82, 2.24) is 4.98 Å². The number of carbonyl (C=O) groups excluding carboxylic acids is 1. The van der Waals surface area contributed by atoms with E-state index in [2.05, 4.69) is 35.7 Å². The van der Waals surface area contributed by atoms with Gasteiger partial charge >= 0.3 is 0 Å². The Morgan fingerprint density at radius 2 is 1.97 bits per heavy atom. The zero-order chi connectivity index (χ0) is 22.5. The first-order chi connectivity index (χ1) is 15.6. The number of aromatic nitrogens is 1. The second kappa shape index (κ2) is 9.88. The molecular formula is C26H25N3O2S. The molecule has 1 heterocycles. The number of hydrogen-bond acceptors (Lipinski definition) is 5. The highest BCUT2D eigenvalue weighted by molar-refractivity contribution is 8.00. The van der Waals surface area contributed by atoms with Gasteiger partial charge in [0.15, 0.2) is 0 Å². The van der Waals surface area contributed by atoms with Gasteiger partial charge in [0.25, 0.3) is 0 Å². The van der Waals surface area contributed by atoms with Crippen molar-refractivity contribution in [3.63, 3.8) is 0 Å². The zero-order valence-corrected chi connectivity index (χ0v) is 19.0. The quantitative estimate of drug-likeness (QED) is 0.520. The highest BCUT2D eigenvalue weighted by Gasteiger charge is 2.24. The molecule has 162 valence electrons. The van der Waals surface area contributed by atoms with E-state index in [4.69, 9.17) is 9.72 Å². The summed E-state index contributed by atoms with van der Waals surface area (Å²) < 4.78 is 5.15. The third-order valence-electron chi connectivity index (χ3n) is 5.76. The molecule has 4 rings (SSSR count). The van der Waals surface area contributed by atoms with Crippen LogP contribution in [-0.2, 0) is 17.6 Å². The normalized spacial score (nSPS) is 15.8. The predicted octanol–water partition coefficient (Wildman–Crippen LogP) is 5.35. The van der Waals surface area contributed by atoms with Crippen molar-refractivity contribution in [3.05, 3.63) is 83.0 Å². The van der Waals surface area contributed by atoms with Gasteiger partial charge in [0.2, 0.25) is 5.91 Å². The Labute approximate surface area is 192 Å². The summed E-state index contributed by atoms with van der Waals surface area (Å²) in [6.45, 7) is 1.83. The third kappa shape index (κ3) is 4.95. The van der Waals surface area contributed by atoms with Gasteiger partial charge in [-0.15, -0.1) is 0 Å². The summed E-state index contributed by atoms with van der Waals surface area (Å²) in [6.07, 6.45) is 2.80. The minimum Gasteiger partial charge on any atom is -0.497 e. The average Bonchev–Trinajstić information content (AvgIpc) is 2.84. The van der Waals surface area contributed by atoms with Crippen LogP contribution < -0.4 is 10.1 Å². The van der Waals surface area contributed by atoms with Crippen LogP contribution in [0.3, 0.4) is 0 Å². The second-order valence-corrected chi connectivity index (χ2v) is 9.22. The Morgan fingerprint density at radius 3 is 2.66 bits per heavy atom. The first-order valence-corrected chi connectivity index (χ1v) is 11.5. The maximum Gasteiger partial charge on any atom is 0.237 e. The van der Waals surface area contributed by atoms with Crippen LogP contribution in [0.25, 0.3) is 0 Å². The van der Waals surface area contributed by atoms with E-state index in [1.54, 1.807) is 31.4 Å². The molecule has 6 heteroatoms. The standard InChI is InChI=1S/C26H25N3O2S/c1-17(25(30)28-22-9-11-23(31-2)12-10-22)32-26-21(16-27)15-20-14-19(8-13-24(20)29-26)18-6-4-3-5-7-18/h3-7,9-12,15,17,19H,8,13-14H2,1-2H3,(H,28,30). The monoisotopic (exact) mass is 443 g/mol. The maximum absolute atomic E-state index is 12.7. The molecule has 1 aromatic heterocycles. The lowest BCUT2D eigenvalue weighted by Gasteiger charge is -2.25. The molecule has 32 heavy (non-hydrogen) atoms. The molecule has 0 saturated heterocycles. The number of nitrogens with zero attached hydrogens (tertiary/aromatic N) is 2. The number of nitrogens with one attached hydrogen (secondary N) is 1. The summed E-state index contributed by atoms with van der Waals surface area (Å²) >= 11 is 1.33.